The smallest absolute Gasteiger partial charge is 0.222 e. The van der Waals surface area contributed by atoms with Crippen molar-refractivity contribution in [1.82, 2.24) is 19.6 Å². The van der Waals surface area contributed by atoms with Crippen LogP contribution < -0.4 is 0 Å². The molecule has 23 heavy (non-hydrogen) atoms. The van der Waals surface area contributed by atoms with Crippen LogP contribution >= 0.6 is 0 Å². The molecule has 1 heterocycles. The zero-order chi connectivity index (χ0) is 17.1. The first kappa shape index (κ1) is 19.4. The molecule has 0 aromatic heterocycles. The predicted octanol–water partition coefficient (Wildman–Crippen LogP) is -0.133. The van der Waals surface area contributed by atoms with Crippen molar-refractivity contribution in [2.75, 3.05) is 59.9 Å². The van der Waals surface area contributed by atoms with Gasteiger partial charge in [0.1, 0.15) is 0 Å². The Labute approximate surface area is 139 Å². The lowest BCUT2D eigenvalue weighted by Crippen LogP contribution is -2.48. The maximum atomic E-state index is 12.1. The van der Waals surface area contributed by atoms with Gasteiger partial charge in [-0.15, -0.1) is 0 Å². The van der Waals surface area contributed by atoms with Gasteiger partial charge in [-0.05, 0) is 25.8 Å². The summed E-state index contributed by atoms with van der Waals surface area (Å²) in [6.07, 6.45) is 4.96. The molecular weight excluding hydrogens is 296 g/mol. The summed E-state index contributed by atoms with van der Waals surface area (Å²) in [4.78, 5) is 40.6. The predicted molar refractivity (Wildman–Crippen MR) is 88.9 cm³/mol. The summed E-state index contributed by atoms with van der Waals surface area (Å²) in [5.41, 5.74) is 0. The highest BCUT2D eigenvalue weighted by molar-refractivity contribution is 5.76. The highest BCUT2D eigenvalue weighted by Gasteiger charge is 2.20. The van der Waals surface area contributed by atoms with Gasteiger partial charge < -0.3 is 14.7 Å². The molecular formula is C16H30N4O3. The van der Waals surface area contributed by atoms with Crippen LogP contribution in [-0.2, 0) is 14.4 Å². The van der Waals surface area contributed by atoms with Crippen LogP contribution in [0.2, 0.25) is 0 Å². The molecule has 3 amide bonds. The van der Waals surface area contributed by atoms with Crippen LogP contribution in [0.4, 0.5) is 0 Å². The molecule has 0 aromatic rings. The molecule has 0 bridgehead atoms. The number of unbranched alkanes of at least 4 members (excludes halogenated alkanes) is 1. The molecule has 0 aliphatic carbocycles. The molecule has 0 unspecified atom stereocenters. The molecule has 1 rings (SSSR count). The van der Waals surface area contributed by atoms with E-state index in [1.807, 2.05) is 4.90 Å². The van der Waals surface area contributed by atoms with E-state index in [1.165, 1.54) is 0 Å². The average Bonchev–Trinajstić information content (AvgIpc) is 2.58. The molecule has 0 atom stereocenters. The molecule has 1 saturated heterocycles. The van der Waals surface area contributed by atoms with Crippen molar-refractivity contribution in [1.29, 1.82) is 0 Å². The van der Waals surface area contributed by atoms with Crippen LogP contribution in [0.3, 0.4) is 0 Å². The Balaban J connectivity index is 2.11. The lowest BCUT2D eigenvalue weighted by atomic mass is 10.2. The zero-order valence-corrected chi connectivity index (χ0v) is 14.4. The SMILES string of the molecule is CN(C=O)CCCCN1CCN(C(=O)CCCN(C)C=O)CC1. The molecule has 7 nitrogen and oxygen atoms in total. The second-order valence-electron chi connectivity index (χ2n) is 6.21. The second kappa shape index (κ2) is 11.0. The van der Waals surface area contributed by atoms with Gasteiger partial charge in [0.2, 0.25) is 18.7 Å². The zero-order valence-electron chi connectivity index (χ0n) is 14.4. The van der Waals surface area contributed by atoms with Crippen LogP contribution in [0.15, 0.2) is 0 Å². The molecule has 132 valence electrons. The van der Waals surface area contributed by atoms with Gasteiger partial charge in [0, 0.05) is 59.8 Å². The van der Waals surface area contributed by atoms with Crippen molar-refractivity contribution in [3.8, 4) is 0 Å². The third-order valence-corrected chi connectivity index (χ3v) is 4.22. The first-order valence-electron chi connectivity index (χ1n) is 8.38. The van der Waals surface area contributed by atoms with Crippen LogP contribution in [-0.4, -0.2) is 98.2 Å². The van der Waals surface area contributed by atoms with Crippen molar-refractivity contribution in [2.45, 2.75) is 25.7 Å². The van der Waals surface area contributed by atoms with Gasteiger partial charge in [0.15, 0.2) is 0 Å². The van der Waals surface area contributed by atoms with E-state index in [0.717, 1.165) is 71.4 Å². The van der Waals surface area contributed by atoms with Gasteiger partial charge in [0.25, 0.3) is 0 Å². The maximum Gasteiger partial charge on any atom is 0.222 e. The summed E-state index contributed by atoms with van der Waals surface area (Å²) in [6, 6.07) is 0. The topological polar surface area (TPSA) is 64.2 Å². The summed E-state index contributed by atoms with van der Waals surface area (Å²) < 4.78 is 0. The average molecular weight is 326 g/mol. The van der Waals surface area contributed by atoms with E-state index in [2.05, 4.69) is 4.90 Å². The third kappa shape index (κ3) is 7.97. The quantitative estimate of drug-likeness (QED) is 0.392. The minimum Gasteiger partial charge on any atom is -0.348 e. The van der Waals surface area contributed by atoms with E-state index >= 15 is 0 Å². The molecule has 0 saturated carbocycles. The molecule has 0 spiro atoms. The fraction of sp³-hybridized carbons (Fsp3) is 0.812. The van der Waals surface area contributed by atoms with Crippen molar-refractivity contribution >= 4 is 18.7 Å². The lowest BCUT2D eigenvalue weighted by Gasteiger charge is -2.35. The van der Waals surface area contributed by atoms with Gasteiger partial charge in [-0.1, -0.05) is 0 Å². The fourth-order valence-corrected chi connectivity index (χ4v) is 2.66. The summed E-state index contributed by atoms with van der Waals surface area (Å²) in [7, 11) is 3.52. The number of amides is 3. The molecule has 1 aliphatic rings. The van der Waals surface area contributed by atoms with Gasteiger partial charge in [-0.3, -0.25) is 19.3 Å². The first-order valence-corrected chi connectivity index (χ1v) is 8.38. The molecule has 7 heteroatoms. The number of carbonyl (C=O) groups excluding carboxylic acids is 3. The summed E-state index contributed by atoms with van der Waals surface area (Å²) >= 11 is 0. The number of piperazine rings is 1. The number of nitrogens with zero attached hydrogens (tertiary/aromatic N) is 4. The van der Waals surface area contributed by atoms with Crippen molar-refractivity contribution < 1.29 is 14.4 Å². The number of rotatable bonds is 11. The van der Waals surface area contributed by atoms with Crippen molar-refractivity contribution in [3.05, 3.63) is 0 Å². The monoisotopic (exact) mass is 326 g/mol. The highest BCUT2D eigenvalue weighted by atomic mass is 16.2. The van der Waals surface area contributed by atoms with E-state index in [-0.39, 0.29) is 5.91 Å². The second-order valence-corrected chi connectivity index (χ2v) is 6.21. The van der Waals surface area contributed by atoms with E-state index in [0.29, 0.717) is 13.0 Å². The van der Waals surface area contributed by atoms with Crippen LogP contribution in [0, 0.1) is 0 Å². The largest absolute Gasteiger partial charge is 0.348 e. The molecule has 1 aliphatic heterocycles. The lowest BCUT2D eigenvalue weighted by molar-refractivity contribution is -0.133. The molecule has 0 aromatic carbocycles. The summed E-state index contributed by atoms with van der Waals surface area (Å²) in [5, 5.41) is 0. The Morgan fingerprint density at radius 1 is 0.913 bits per heavy atom. The standard InChI is InChI=1S/C16H30N4O3/c1-17(14-21)7-3-4-9-19-10-12-20(13-11-19)16(23)6-5-8-18(2)15-22/h14-15H,3-13H2,1-2H3. The van der Waals surface area contributed by atoms with Gasteiger partial charge >= 0.3 is 0 Å². The third-order valence-electron chi connectivity index (χ3n) is 4.22. The number of hydrogen-bond donors (Lipinski definition) is 0. The maximum absolute atomic E-state index is 12.1. The van der Waals surface area contributed by atoms with Crippen molar-refractivity contribution in [3.63, 3.8) is 0 Å². The normalized spacial score (nSPS) is 15.3. The van der Waals surface area contributed by atoms with Crippen LogP contribution in [0.1, 0.15) is 25.7 Å². The highest BCUT2D eigenvalue weighted by Crippen LogP contribution is 2.07. The Kier molecular flexibility index (Phi) is 9.28. The van der Waals surface area contributed by atoms with Gasteiger partial charge in [-0.2, -0.15) is 0 Å². The van der Waals surface area contributed by atoms with Crippen molar-refractivity contribution in [2.24, 2.45) is 0 Å². The number of carbonyl (C=O) groups is 3. The Morgan fingerprint density at radius 2 is 1.48 bits per heavy atom. The van der Waals surface area contributed by atoms with E-state index < -0.39 is 0 Å². The summed E-state index contributed by atoms with van der Waals surface area (Å²) in [5.74, 6) is 0.191. The van der Waals surface area contributed by atoms with Gasteiger partial charge in [-0.25, -0.2) is 0 Å². The first-order chi connectivity index (χ1) is 11.1. The van der Waals surface area contributed by atoms with E-state index in [9.17, 15) is 14.4 Å². The van der Waals surface area contributed by atoms with E-state index in [1.54, 1.807) is 23.9 Å². The summed E-state index contributed by atoms with van der Waals surface area (Å²) in [6.45, 7) is 5.88. The Hall–Kier alpha value is -1.63. The molecule has 0 radical (unpaired) electrons. The van der Waals surface area contributed by atoms with Crippen LogP contribution in [0.25, 0.3) is 0 Å². The molecule has 0 N–H and O–H groups in total. The Bertz CT molecular complexity index is 370. The minimum atomic E-state index is 0.191. The Morgan fingerprint density at radius 3 is 2.04 bits per heavy atom. The minimum absolute atomic E-state index is 0.191. The molecule has 1 fully saturated rings. The van der Waals surface area contributed by atoms with Gasteiger partial charge in [0.05, 0.1) is 0 Å². The number of hydrogen-bond acceptors (Lipinski definition) is 4. The fourth-order valence-electron chi connectivity index (χ4n) is 2.66. The van der Waals surface area contributed by atoms with Crippen LogP contribution in [0.5, 0.6) is 0 Å². The van der Waals surface area contributed by atoms with E-state index in [4.69, 9.17) is 0 Å².